The first-order valence-corrected chi connectivity index (χ1v) is 5.75. The van der Waals surface area contributed by atoms with Gasteiger partial charge >= 0.3 is 0 Å². The van der Waals surface area contributed by atoms with Gasteiger partial charge in [-0.3, -0.25) is 0 Å². The van der Waals surface area contributed by atoms with E-state index < -0.39 is 0 Å². The number of aryl methyl sites for hydroxylation is 3. The van der Waals surface area contributed by atoms with Crippen LogP contribution in [0, 0.1) is 20.8 Å². The summed E-state index contributed by atoms with van der Waals surface area (Å²) in [5.74, 6) is 1.84. The molecule has 1 heterocycles. The average molecular weight is 236 g/mol. The molecule has 3 heteroatoms. The fourth-order valence-corrected chi connectivity index (χ4v) is 1.97. The van der Waals surface area contributed by atoms with Crippen molar-refractivity contribution < 1.29 is 4.42 Å². The van der Waals surface area contributed by atoms with Crippen molar-refractivity contribution in [3.63, 3.8) is 0 Å². The second-order valence-electron chi connectivity index (χ2n) is 3.97. The third-order valence-corrected chi connectivity index (χ3v) is 2.88. The first kappa shape index (κ1) is 11.2. The summed E-state index contributed by atoms with van der Waals surface area (Å²) in [6.07, 6.45) is 0. The maximum atomic E-state index is 5.78. The quantitative estimate of drug-likeness (QED) is 0.736. The maximum absolute atomic E-state index is 5.78. The van der Waals surface area contributed by atoms with Gasteiger partial charge in [-0.25, -0.2) is 4.98 Å². The van der Waals surface area contributed by atoms with Crippen LogP contribution in [-0.4, -0.2) is 4.98 Å². The van der Waals surface area contributed by atoms with E-state index in [-0.39, 0.29) is 0 Å². The lowest BCUT2D eigenvalue weighted by molar-refractivity contribution is 0.540. The molecule has 0 spiro atoms. The SMILES string of the molecule is Cc1ccc(-c2nc(CCl)c(C)o2)c(C)c1. The number of hydrogen-bond acceptors (Lipinski definition) is 2. The Morgan fingerprint density at radius 3 is 2.56 bits per heavy atom. The van der Waals surface area contributed by atoms with Crippen molar-refractivity contribution in [3.05, 3.63) is 40.8 Å². The van der Waals surface area contributed by atoms with Crippen LogP contribution in [0.5, 0.6) is 0 Å². The topological polar surface area (TPSA) is 26.0 Å². The van der Waals surface area contributed by atoms with E-state index in [0.29, 0.717) is 11.8 Å². The Hall–Kier alpha value is -1.28. The second-order valence-corrected chi connectivity index (χ2v) is 4.24. The lowest BCUT2D eigenvalue weighted by Crippen LogP contribution is -1.85. The van der Waals surface area contributed by atoms with Gasteiger partial charge in [-0.05, 0) is 32.4 Å². The predicted molar refractivity (Wildman–Crippen MR) is 65.7 cm³/mol. The maximum Gasteiger partial charge on any atom is 0.226 e. The Morgan fingerprint density at radius 1 is 1.25 bits per heavy atom. The molecule has 2 rings (SSSR count). The van der Waals surface area contributed by atoms with Gasteiger partial charge in [0.05, 0.1) is 11.6 Å². The summed E-state index contributed by atoms with van der Waals surface area (Å²) in [6.45, 7) is 6.02. The highest BCUT2D eigenvalue weighted by atomic mass is 35.5. The van der Waals surface area contributed by atoms with Crippen LogP contribution in [0.3, 0.4) is 0 Å². The first-order chi connectivity index (χ1) is 7.61. The number of aromatic nitrogens is 1. The van der Waals surface area contributed by atoms with E-state index in [4.69, 9.17) is 16.0 Å². The molecule has 16 heavy (non-hydrogen) atoms. The molecule has 0 amide bonds. The molecule has 2 nitrogen and oxygen atoms in total. The van der Waals surface area contributed by atoms with E-state index in [0.717, 1.165) is 17.0 Å². The molecule has 1 aromatic carbocycles. The van der Waals surface area contributed by atoms with Crippen molar-refractivity contribution >= 4 is 11.6 Å². The van der Waals surface area contributed by atoms with E-state index in [1.54, 1.807) is 0 Å². The lowest BCUT2D eigenvalue weighted by atomic mass is 10.1. The summed E-state index contributed by atoms with van der Waals surface area (Å²) in [5.41, 5.74) is 4.26. The molecule has 0 saturated carbocycles. The number of rotatable bonds is 2. The molecule has 1 aromatic heterocycles. The van der Waals surface area contributed by atoms with Crippen molar-refractivity contribution in [1.29, 1.82) is 0 Å². The standard InChI is InChI=1S/C13H14ClNO/c1-8-4-5-11(9(2)6-8)13-15-12(7-14)10(3)16-13/h4-6H,7H2,1-3H3. The summed E-state index contributed by atoms with van der Waals surface area (Å²) in [4.78, 5) is 4.39. The minimum absolute atomic E-state index is 0.389. The van der Waals surface area contributed by atoms with Crippen molar-refractivity contribution in [2.75, 3.05) is 0 Å². The zero-order chi connectivity index (χ0) is 11.7. The minimum Gasteiger partial charge on any atom is -0.441 e. The normalized spacial score (nSPS) is 10.8. The first-order valence-electron chi connectivity index (χ1n) is 5.21. The summed E-state index contributed by atoms with van der Waals surface area (Å²) in [6, 6.07) is 6.21. The molecule has 0 aliphatic heterocycles. The van der Waals surface area contributed by atoms with Crippen LogP contribution < -0.4 is 0 Å². The van der Waals surface area contributed by atoms with Crippen molar-refractivity contribution in [1.82, 2.24) is 4.98 Å². The zero-order valence-corrected chi connectivity index (χ0v) is 10.4. The number of alkyl halides is 1. The van der Waals surface area contributed by atoms with Crippen LogP contribution >= 0.6 is 11.6 Å². The Kier molecular flexibility index (Phi) is 3.01. The summed E-state index contributed by atoms with van der Waals surface area (Å²) in [7, 11) is 0. The molecule has 0 bridgehead atoms. The van der Waals surface area contributed by atoms with E-state index in [9.17, 15) is 0 Å². The fourth-order valence-electron chi connectivity index (χ4n) is 1.72. The number of oxazole rings is 1. The minimum atomic E-state index is 0.389. The van der Waals surface area contributed by atoms with E-state index in [1.165, 1.54) is 11.1 Å². The van der Waals surface area contributed by atoms with E-state index >= 15 is 0 Å². The fraction of sp³-hybridized carbons (Fsp3) is 0.308. The van der Waals surface area contributed by atoms with Crippen LogP contribution in [0.2, 0.25) is 0 Å². The van der Waals surface area contributed by atoms with Crippen molar-refractivity contribution in [2.24, 2.45) is 0 Å². The van der Waals surface area contributed by atoms with E-state index in [1.807, 2.05) is 13.0 Å². The van der Waals surface area contributed by atoms with Crippen LogP contribution in [-0.2, 0) is 5.88 Å². The lowest BCUT2D eigenvalue weighted by Gasteiger charge is -2.02. The largest absolute Gasteiger partial charge is 0.441 e. The van der Waals surface area contributed by atoms with Crippen molar-refractivity contribution in [2.45, 2.75) is 26.7 Å². The van der Waals surface area contributed by atoms with E-state index in [2.05, 4.69) is 31.0 Å². The van der Waals surface area contributed by atoms with Gasteiger partial charge < -0.3 is 4.42 Å². The molecular weight excluding hydrogens is 222 g/mol. The molecule has 0 aliphatic carbocycles. The molecule has 0 unspecified atom stereocenters. The van der Waals surface area contributed by atoms with Crippen molar-refractivity contribution in [3.8, 4) is 11.5 Å². The van der Waals surface area contributed by atoms with Gasteiger partial charge in [0, 0.05) is 5.56 Å². The highest BCUT2D eigenvalue weighted by Crippen LogP contribution is 2.26. The Balaban J connectivity index is 2.50. The molecule has 0 radical (unpaired) electrons. The molecule has 84 valence electrons. The Bertz CT molecular complexity index is 517. The van der Waals surface area contributed by atoms with Gasteiger partial charge in [0.15, 0.2) is 0 Å². The van der Waals surface area contributed by atoms with Gasteiger partial charge in [0.25, 0.3) is 0 Å². The molecular formula is C13H14ClNO. The second kappa shape index (κ2) is 4.30. The van der Waals surface area contributed by atoms with Gasteiger partial charge in [0.1, 0.15) is 5.76 Å². The molecule has 0 fully saturated rings. The number of benzene rings is 1. The van der Waals surface area contributed by atoms with Crippen LogP contribution in [0.4, 0.5) is 0 Å². The summed E-state index contributed by atoms with van der Waals surface area (Å²) in [5, 5.41) is 0. The third-order valence-electron chi connectivity index (χ3n) is 2.63. The van der Waals surface area contributed by atoms with Crippen LogP contribution in [0.15, 0.2) is 22.6 Å². The number of halogens is 1. The third kappa shape index (κ3) is 1.98. The molecule has 0 saturated heterocycles. The number of nitrogens with zero attached hydrogens (tertiary/aromatic N) is 1. The monoisotopic (exact) mass is 235 g/mol. The van der Waals surface area contributed by atoms with Crippen LogP contribution in [0.25, 0.3) is 11.5 Å². The van der Waals surface area contributed by atoms with Crippen LogP contribution in [0.1, 0.15) is 22.6 Å². The smallest absolute Gasteiger partial charge is 0.226 e. The number of hydrogen-bond donors (Lipinski definition) is 0. The van der Waals surface area contributed by atoms with Gasteiger partial charge in [-0.1, -0.05) is 17.7 Å². The van der Waals surface area contributed by atoms with Gasteiger partial charge in [0.2, 0.25) is 5.89 Å². The average Bonchev–Trinajstić information content (AvgIpc) is 2.59. The summed E-state index contributed by atoms with van der Waals surface area (Å²) >= 11 is 5.78. The van der Waals surface area contributed by atoms with Gasteiger partial charge in [-0.2, -0.15) is 0 Å². The molecule has 2 aromatic rings. The highest BCUT2D eigenvalue weighted by Gasteiger charge is 2.12. The summed E-state index contributed by atoms with van der Waals surface area (Å²) < 4.78 is 5.62. The predicted octanol–water partition coefficient (Wildman–Crippen LogP) is 4.01. The van der Waals surface area contributed by atoms with Gasteiger partial charge in [-0.15, -0.1) is 11.6 Å². The zero-order valence-electron chi connectivity index (χ0n) is 9.67. The molecule has 0 aliphatic rings. The highest BCUT2D eigenvalue weighted by molar-refractivity contribution is 6.16. The molecule has 0 N–H and O–H groups in total. The molecule has 0 atom stereocenters. The Labute approximate surface area is 100 Å². The Morgan fingerprint density at radius 2 is 2.00 bits per heavy atom.